The average molecular weight is 542 g/mol. The van der Waals surface area contributed by atoms with Gasteiger partial charge < -0.3 is 26.1 Å². The van der Waals surface area contributed by atoms with E-state index in [-0.39, 0.29) is 26.9 Å². The molecule has 2 saturated heterocycles. The molecule has 3 aliphatic heterocycles. The molecular weight excluding hydrogens is 516 g/mol. The number of nitrogen functional groups attached to an aromatic ring is 1. The zero-order chi connectivity index (χ0) is 26.4. The maximum Gasteiger partial charge on any atom is 0.352 e. The minimum Gasteiger partial charge on any atom is -0.478 e. The first-order valence-electron chi connectivity index (χ1n) is 10.8. The smallest absolute Gasteiger partial charge is 0.352 e. The largest absolute Gasteiger partial charge is 0.478 e. The molecule has 0 aromatic carbocycles. The summed E-state index contributed by atoms with van der Waals surface area (Å²) in [6, 6.07) is -1.03. The predicted octanol–water partition coefficient (Wildman–Crippen LogP) is -0.562. The van der Waals surface area contributed by atoms with Crippen LogP contribution < -0.4 is 11.1 Å². The Kier molecular flexibility index (Phi) is 6.96. The molecule has 4 rings (SSSR count). The van der Waals surface area contributed by atoms with Gasteiger partial charge in [0.05, 0.1) is 14.1 Å². The van der Waals surface area contributed by atoms with Crippen molar-refractivity contribution in [1.29, 1.82) is 0 Å². The number of anilines is 1. The number of hydrogen-bond acceptors (Lipinski definition) is 11. The van der Waals surface area contributed by atoms with Crippen molar-refractivity contribution in [3.63, 3.8) is 0 Å². The van der Waals surface area contributed by atoms with Gasteiger partial charge in [-0.1, -0.05) is 5.16 Å². The molecule has 0 bridgehead atoms. The molecule has 0 aliphatic carbocycles. The fourth-order valence-electron chi connectivity index (χ4n) is 3.99. The standard InChI is InChI=1S/C20H24N6O8S2/c1-8(18(29)30)33-24-12(10-7-36-20(21)22-10)15(27)23-13-16(28)25-14(19(31)32)9(6-35-17(13)25)11-4-5-26(2,3)34-11/h7-8,11,13,17H,4-6H2,1-3H3,(H4-,21,22,23,27,29,30,31,32)/p+1/b24-12-/t8?,11-,13?,17?/m0/s1. The van der Waals surface area contributed by atoms with E-state index in [0.717, 1.165) is 11.3 Å². The lowest BCUT2D eigenvalue weighted by atomic mass is 9.99. The van der Waals surface area contributed by atoms with E-state index >= 15 is 0 Å². The highest BCUT2D eigenvalue weighted by molar-refractivity contribution is 8.00. The number of aliphatic carboxylic acids is 2. The van der Waals surface area contributed by atoms with Crippen LogP contribution in [0.1, 0.15) is 19.0 Å². The number of nitrogens with two attached hydrogens (primary N) is 1. The molecular formula is C20H25N6O8S2+. The number of rotatable bonds is 8. The summed E-state index contributed by atoms with van der Waals surface area (Å²) in [6.07, 6.45) is -1.15. The molecule has 0 spiro atoms. The van der Waals surface area contributed by atoms with Crippen molar-refractivity contribution in [2.45, 2.75) is 37.0 Å². The van der Waals surface area contributed by atoms with Crippen molar-refractivity contribution in [2.75, 3.05) is 32.1 Å². The van der Waals surface area contributed by atoms with Crippen LogP contribution in [-0.4, -0.2) is 104 Å². The summed E-state index contributed by atoms with van der Waals surface area (Å²) < 4.78 is 0.285. The van der Waals surface area contributed by atoms with E-state index in [2.05, 4.69) is 15.5 Å². The van der Waals surface area contributed by atoms with Crippen LogP contribution in [0.3, 0.4) is 0 Å². The molecule has 3 aliphatic rings. The Balaban J connectivity index is 1.54. The second-order valence-electron chi connectivity index (χ2n) is 8.82. The zero-order valence-electron chi connectivity index (χ0n) is 19.5. The summed E-state index contributed by atoms with van der Waals surface area (Å²) in [6.45, 7) is 1.93. The summed E-state index contributed by atoms with van der Waals surface area (Å²) >= 11 is 2.35. The third-order valence-electron chi connectivity index (χ3n) is 5.85. The molecule has 3 unspecified atom stereocenters. The first-order valence-corrected chi connectivity index (χ1v) is 12.7. The SMILES string of the molecule is CC(O/N=C(\C(=O)NC1C(=O)N2C(C(=O)O)=C([C@@H]3CC[N+](C)(C)O3)CSC12)c1csc(N)n1)C(=O)O. The number of quaternary nitrogens is 1. The molecule has 4 atom stereocenters. The van der Waals surface area contributed by atoms with Gasteiger partial charge in [-0.25, -0.2) is 14.6 Å². The van der Waals surface area contributed by atoms with Crippen LogP contribution in [-0.2, 0) is 28.9 Å². The van der Waals surface area contributed by atoms with E-state index in [1.165, 1.54) is 29.0 Å². The van der Waals surface area contributed by atoms with Gasteiger partial charge in [-0.3, -0.25) is 14.5 Å². The molecule has 0 radical (unpaired) electrons. The van der Waals surface area contributed by atoms with E-state index in [4.69, 9.17) is 20.5 Å². The number of fused-ring (bicyclic) bond motifs is 1. The van der Waals surface area contributed by atoms with Crippen LogP contribution in [0.25, 0.3) is 0 Å². The van der Waals surface area contributed by atoms with Crippen molar-refractivity contribution in [3.05, 3.63) is 22.3 Å². The second-order valence-corrected chi connectivity index (χ2v) is 10.8. The van der Waals surface area contributed by atoms with E-state index < -0.39 is 47.4 Å². The first kappa shape index (κ1) is 25.9. The molecule has 2 fully saturated rings. The number of carboxylic acids is 2. The average Bonchev–Trinajstić information content (AvgIpc) is 3.40. The minimum atomic E-state index is -1.35. The monoisotopic (exact) mass is 541 g/mol. The quantitative estimate of drug-likeness (QED) is 0.143. The Morgan fingerprint density at radius 1 is 1.39 bits per heavy atom. The Bertz CT molecular complexity index is 1180. The fraction of sp³-hybridized carbons (Fsp3) is 0.500. The lowest BCUT2D eigenvalue weighted by Gasteiger charge is -2.49. The number of nitrogens with zero attached hydrogens (tertiary/aromatic N) is 4. The number of oxime groups is 1. The van der Waals surface area contributed by atoms with Gasteiger partial charge in [0.25, 0.3) is 11.8 Å². The first-order chi connectivity index (χ1) is 16.9. The number of amides is 2. The molecule has 1 aromatic rings. The lowest BCUT2D eigenvalue weighted by molar-refractivity contribution is -1.06. The zero-order valence-corrected chi connectivity index (χ0v) is 21.2. The molecule has 14 nitrogen and oxygen atoms in total. The van der Waals surface area contributed by atoms with Crippen LogP contribution in [0.15, 0.2) is 21.8 Å². The number of carboxylic acid groups (broad SMARTS) is 2. The highest BCUT2D eigenvalue weighted by Gasteiger charge is 2.56. The molecule has 36 heavy (non-hydrogen) atoms. The Labute approximate surface area is 213 Å². The van der Waals surface area contributed by atoms with Crippen molar-refractivity contribution in [3.8, 4) is 0 Å². The number of carbonyl (C=O) groups is 4. The molecule has 16 heteroatoms. The summed E-state index contributed by atoms with van der Waals surface area (Å²) in [7, 11) is 3.74. The number of thiazole rings is 1. The van der Waals surface area contributed by atoms with Crippen LogP contribution in [0.4, 0.5) is 5.13 Å². The van der Waals surface area contributed by atoms with Gasteiger partial charge >= 0.3 is 11.9 Å². The number of hydrogen-bond donors (Lipinski definition) is 4. The third-order valence-corrected chi connectivity index (χ3v) is 7.82. The molecule has 4 heterocycles. The van der Waals surface area contributed by atoms with Gasteiger partial charge in [0.2, 0.25) is 6.10 Å². The summed E-state index contributed by atoms with van der Waals surface area (Å²) in [5.74, 6) is -3.67. The van der Waals surface area contributed by atoms with Crippen LogP contribution in [0, 0.1) is 0 Å². The van der Waals surface area contributed by atoms with E-state index in [1.807, 2.05) is 14.1 Å². The normalized spacial score (nSPS) is 26.2. The maximum absolute atomic E-state index is 13.0. The molecule has 194 valence electrons. The fourth-order valence-corrected chi connectivity index (χ4v) is 5.95. The van der Waals surface area contributed by atoms with Crippen molar-refractivity contribution in [1.82, 2.24) is 15.2 Å². The minimum absolute atomic E-state index is 0.0417. The van der Waals surface area contributed by atoms with Crippen molar-refractivity contribution in [2.24, 2.45) is 5.16 Å². The number of carbonyl (C=O) groups excluding carboxylic acids is 2. The Hall–Kier alpha value is -3.21. The van der Waals surface area contributed by atoms with Gasteiger partial charge in [0.15, 0.2) is 10.8 Å². The van der Waals surface area contributed by atoms with E-state index in [9.17, 15) is 24.3 Å². The van der Waals surface area contributed by atoms with Gasteiger partial charge in [-0.2, -0.15) is 9.48 Å². The topological polar surface area (TPSA) is 194 Å². The summed E-state index contributed by atoms with van der Waals surface area (Å²) in [5, 5.41) is 26.0. The lowest BCUT2D eigenvalue weighted by Crippen LogP contribution is -2.71. The third kappa shape index (κ3) is 4.88. The van der Waals surface area contributed by atoms with Gasteiger partial charge in [-0.15, -0.1) is 23.1 Å². The highest BCUT2D eigenvalue weighted by Crippen LogP contribution is 2.43. The Morgan fingerprint density at radius 3 is 2.67 bits per heavy atom. The Morgan fingerprint density at radius 2 is 2.11 bits per heavy atom. The summed E-state index contributed by atoms with van der Waals surface area (Å²) in [4.78, 5) is 65.3. The van der Waals surface area contributed by atoms with Gasteiger partial charge in [0.1, 0.15) is 35.5 Å². The number of thioether (sulfide) groups is 1. The molecule has 0 saturated carbocycles. The van der Waals surface area contributed by atoms with E-state index in [0.29, 0.717) is 24.3 Å². The molecule has 1 aromatic heterocycles. The number of nitrogens with one attached hydrogen (secondary N) is 1. The summed E-state index contributed by atoms with van der Waals surface area (Å²) in [5.41, 5.74) is 5.73. The van der Waals surface area contributed by atoms with E-state index in [1.54, 1.807) is 0 Å². The maximum atomic E-state index is 13.0. The predicted molar refractivity (Wildman–Crippen MR) is 127 cm³/mol. The number of hydroxylamine groups is 3. The molecule has 5 N–H and O–H groups in total. The van der Waals surface area contributed by atoms with Crippen LogP contribution in [0.5, 0.6) is 0 Å². The van der Waals surface area contributed by atoms with Crippen LogP contribution >= 0.6 is 23.1 Å². The van der Waals surface area contributed by atoms with Crippen molar-refractivity contribution >= 4 is 57.7 Å². The highest BCUT2D eigenvalue weighted by atomic mass is 32.2. The molecule has 2 amide bonds. The second kappa shape index (κ2) is 9.68. The number of β-lactam (4-membered cyclic amide) rings is 1. The number of aromatic nitrogens is 1. The van der Waals surface area contributed by atoms with Gasteiger partial charge in [-0.05, 0) is 6.92 Å². The van der Waals surface area contributed by atoms with Crippen LogP contribution in [0.2, 0.25) is 0 Å². The van der Waals surface area contributed by atoms with Crippen molar-refractivity contribution < 1.29 is 43.7 Å². The van der Waals surface area contributed by atoms with Gasteiger partial charge in [0, 0.05) is 23.1 Å².